The van der Waals surface area contributed by atoms with Crippen LogP contribution in [0.1, 0.15) is 6.42 Å². The van der Waals surface area contributed by atoms with Gasteiger partial charge in [0.1, 0.15) is 0 Å². The van der Waals surface area contributed by atoms with Crippen molar-refractivity contribution in [2.75, 3.05) is 32.5 Å². The van der Waals surface area contributed by atoms with Crippen LogP contribution in [-0.4, -0.2) is 46.5 Å². The van der Waals surface area contributed by atoms with Crippen LogP contribution in [0.2, 0.25) is 0 Å². The molecule has 0 amide bonds. The number of benzene rings is 1. The average Bonchev–Trinajstić information content (AvgIpc) is 2.74. The number of likely N-dealkylation sites (tertiary alicyclic amines) is 1. The van der Waals surface area contributed by atoms with Crippen molar-refractivity contribution in [2.24, 2.45) is 0 Å². The van der Waals surface area contributed by atoms with Gasteiger partial charge in [0.25, 0.3) is 0 Å². The van der Waals surface area contributed by atoms with Crippen LogP contribution in [0.3, 0.4) is 0 Å². The molecule has 1 fully saturated rings. The van der Waals surface area contributed by atoms with E-state index < -0.39 is 10.0 Å². The first-order valence-corrected chi connectivity index (χ1v) is 7.48. The van der Waals surface area contributed by atoms with Gasteiger partial charge in [-0.3, -0.25) is 0 Å². The van der Waals surface area contributed by atoms with Crippen molar-refractivity contribution in [3.05, 3.63) is 24.3 Å². The molecule has 2 N–H and O–H groups in total. The van der Waals surface area contributed by atoms with Gasteiger partial charge in [-0.15, -0.1) is 0 Å². The second kappa shape index (κ2) is 5.26. The average molecular weight is 269 g/mol. The summed E-state index contributed by atoms with van der Waals surface area (Å²) in [5, 5.41) is 2.96. The van der Waals surface area contributed by atoms with E-state index >= 15 is 0 Å². The molecule has 1 aromatic carbocycles. The number of anilines is 1. The molecule has 1 aliphatic heterocycles. The maximum Gasteiger partial charge on any atom is 0.240 e. The van der Waals surface area contributed by atoms with E-state index in [9.17, 15) is 8.42 Å². The standard InChI is InChI=1S/C12H19N3O2S/c1-13-10-3-5-12(6-4-10)18(16,17)14-11-7-8-15(2)9-11/h3-6,11,13-14H,7-9H2,1-2H3. The van der Waals surface area contributed by atoms with Crippen LogP contribution >= 0.6 is 0 Å². The van der Waals surface area contributed by atoms with Gasteiger partial charge < -0.3 is 10.2 Å². The van der Waals surface area contributed by atoms with E-state index in [1.54, 1.807) is 31.3 Å². The summed E-state index contributed by atoms with van der Waals surface area (Å²) in [5.74, 6) is 0. The summed E-state index contributed by atoms with van der Waals surface area (Å²) < 4.78 is 27.0. The first kappa shape index (κ1) is 13.3. The van der Waals surface area contributed by atoms with E-state index in [4.69, 9.17) is 0 Å². The van der Waals surface area contributed by atoms with Gasteiger partial charge >= 0.3 is 0 Å². The summed E-state index contributed by atoms with van der Waals surface area (Å²) in [6.45, 7) is 1.71. The number of hydrogen-bond donors (Lipinski definition) is 2. The van der Waals surface area contributed by atoms with Gasteiger partial charge in [0.05, 0.1) is 4.90 Å². The van der Waals surface area contributed by atoms with Gasteiger partial charge in [-0.2, -0.15) is 0 Å². The van der Waals surface area contributed by atoms with Crippen molar-refractivity contribution in [1.82, 2.24) is 9.62 Å². The van der Waals surface area contributed by atoms with Gasteiger partial charge in [0.15, 0.2) is 0 Å². The number of hydrogen-bond acceptors (Lipinski definition) is 4. The van der Waals surface area contributed by atoms with Crippen LogP contribution in [-0.2, 0) is 10.0 Å². The first-order valence-electron chi connectivity index (χ1n) is 6.00. The Morgan fingerprint density at radius 2 is 1.94 bits per heavy atom. The van der Waals surface area contributed by atoms with E-state index in [1.807, 2.05) is 7.05 Å². The van der Waals surface area contributed by atoms with Gasteiger partial charge in [-0.05, 0) is 44.3 Å². The number of nitrogens with one attached hydrogen (secondary N) is 2. The molecule has 5 nitrogen and oxygen atoms in total. The van der Waals surface area contributed by atoms with Crippen LogP contribution < -0.4 is 10.0 Å². The quantitative estimate of drug-likeness (QED) is 0.845. The lowest BCUT2D eigenvalue weighted by Gasteiger charge is -2.13. The fourth-order valence-electron chi connectivity index (χ4n) is 2.12. The number of likely N-dealkylation sites (N-methyl/N-ethyl adjacent to an activating group) is 1. The Morgan fingerprint density at radius 3 is 2.44 bits per heavy atom. The summed E-state index contributed by atoms with van der Waals surface area (Å²) in [6, 6.07) is 6.77. The van der Waals surface area contributed by atoms with Crippen molar-refractivity contribution in [2.45, 2.75) is 17.4 Å². The Labute approximate surface area is 108 Å². The van der Waals surface area contributed by atoms with Crippen molar-refractivity contribution in [3.8, 4) is 0 Å². The molecule has 0 aromatic heterocycles. The normalized spacial score (nSPS) is 21.1. The van der Waals surface area contributed by atoms with E-state index in [2.05, 4.69) is 14.9 Å². The molecule has 1 heterocycles. The maximum absolute atomic E-state index is 12.1. The van der Waals surface area contributed by atoms with E-state index in [1.165, 1.54) is 0 Å². The highest BCUT2D eigenvalue weighted by atomic mass is 32.2. The summed E-state index contributed by atoms with van der Waals surface area (Å²) in [5.41, 5.74) is 0.898. The lowest BCUT2D eigenvalue weighted by atomic mass is 10.3. The molecule has 0 bridgehead atoms. The maximum atomic E-state index is 12.1. The Kier molecular flexibility index (Phi) is 3.89. The third kappa shape index (κ3) is 3.01. The minimum Gasteiger partial charge on any atom is -0.388 e. The van der Waals surface area contributed by atoms with Crippen molar-refractivity contribution >= 4 is 15.7 Å². The summed E-state index contributed by atoms with van der Waals surface area (Å²) in [4.78, 5) is 2.44. The second-order valence-corrected chi connectivity index (χ2v) is 6.36. The molecule has 0 aliphatic carbocycles. The molecule has 6 heteroatoms. The predicted octanol–water partition coefficient (Wildman–Crippen LogP) is 0.711. The molecule has 1 aromatic rings. The van der Waals surface area contributed by atoms with Crippen LogP contribution in [0.4, 0.5) is 5.69 Å². The monoisotopic (exact) mass is 269 g/mol. The molecule has 1 aliphatic rings. The minimum absolute atomic E-state index is 0.0176. The number of rotatable bonds is 4. The van der Waals surface area contributed by atoms with Crippen LogP contribution in [0.25, 0.3) is 0 Å². The zero-order valence-corrected chi connectivity index (χ0v) is 11.5. The SMILES string of the molecule is CNc1ccc(S(=O)(=O)NC2CCN(C)C2)cc1. The fraction of sp³-hybridized carbons (Fsp3) is 0.500. The molecular formula is C12H19N3O2S. The summed E-state index contributed by atoms with van der Waals surface area (Å²) >= 11 is 0. The highest BCUT2D eigenvalue weighted by molar-refractivity contribution is 7.89. The van der Waals surface area contributed by atoms with Gasteiger partial charge in [0.2, 0.25) is 10.0 Å². The molecule has 0 radical (unpaired) electrons. The summed E-state index contributed by atoms with van der Waals surface area (Å²) in [7, 11) is 0.401. The largest absolute Gasteiger partial charge is 0.388 e. The van der Waals surface area contributed by atoms with Gasteiger partial charge in [-0.25, -0.2) is 13.1 Å². The first-order chi connectivity index (χ1) is 8.51. The zero-order valence-electron chi connectivity index (χ0n) is 10.7. The number of nitrogens with zero attached hydrogens (tertiary/aromatic N) is 1. The molecule has 1 unspecified atom stereocenters. The molecule has 0 saturated carbocycles. The highest BCUT2D eigenvalue weighted by Gasteiger charge is 2.25. The van der Waals surface area contributed by atoms with Crippen molar-refractivity contribution < 1.29 is 8.42 Å². The van der Waals surface area contributed by atoms with Crippen LogP contribution in [0, 0.1) is 0 Å². The second-order valence-electron chi connectivity index (χ2n) is 4.64. The highest BCUT2D eigenvalue weighted by Crippen LogP contribution is 2.15. The van der Waals surface area contributed by atoms with Crippen LogP contribution in [0.15, 0.2) is 29.2 Å². The van der Waals surface area contributed by atoms with E-state index in [0.29, 0.717) is 4.90 Å². The minimum atomic E-state index is -3.40. The topological polar surface area (TPSA) is 61.4 Å². The zero-order chi connectivity index (χ0) is 13.2. The Balaban J connectivity index is 2.10. The molecule has 1 saturated heterocycles. The van der Waals surface area contributed by atoms with Gasteiger partial charge in [0, 0.05) is 25.3 Å². The van der Waals surface area contributed by atoms with E-state index in [-0.39, 0.29) is 6.04 Å². The lowest BCUT2D eigenvalue weighted by molar-refractivity contribution is 0.407. The Hall–Kier alpha value is -1.11. The predicted molar refractivity (Wildman–Crippen MR) is 72.2 cm³/mol. The lowest BCUT2D eigenvalue weighted by Crippen LogP contribution is -2.36. The van der Waals surface area contributed by atoms with E-state index in [0.717, 1.165) is 25.2 Å². The smallest absolute Gasteiger partial charge is 0.240 e. The van der Waals surface area contributed by atoms with Crippen molar-refractivity contribution in [3.63, 3.8) is 0 Å². The molecule has 100 valence electrons. The molecule has 0 spiro atoms. The molecule has 1 atom stereocenters. The Morgan fingerprint density at radius 1 is 1.28 bits per heavy atom. The van der Waals surface area contributed by atoms with Crippen LogP contribution in [0.5, 0.6) is 0 Å². The fourth-order valence-corrected chi connectivity index (χ4v) is 3.38. The molecule has 18 heavy (non-hydrogen) atoms. The molecule has 2 rings (SSSR count). The Bertz CT molecular complexity index is 499. The third-order valence-corrected chi connectivity index (χ3v) is 4.70. The number of sulfonamides is 1. The van der Waals surface area contributed by atoms with Crippen molar-refractivity contribution in [1.29, 1.82) is 0 Å². The summed E-state index contributed by atoms with van der Waals surface area (Å²) in [6.07, 6.45) is 0.865. The van der Waals surface area contributed by atoms with Gasteiger partial charge in [-0.1, -0.05) is 0 Å². The third-order valence-electron chi connectivity index (χ3n) is 3.17. The molecular weight excluding hydrogens is 250 g/mol.